The van der Waals surface area contributed by atoms with E-state index in [1.807, 2.05) is 30.3 Å². The number of nitrogens with two attached hydrogens (primary N) is 1. The molecule has 1 heterocycles. The summed E-state index contributed by atoms with van der Waals surface area (Å²) in [5.74, 6) is 0.768. The van der Waals surface area contributed by atoms with Crippen LogP contribution in [0.1, 0.15) is 11.1 Å². The van der Waals surface area contributed by atoms with Gasteiger partial charge in [-0.2, -0.15) is 5.26 Å². The van der Waals surface area contributed by atoms with Gasteiger partial charge in [0.15, 0.2) is 0 Å². The van der Waals surface area contributed by atoms with E-state index in [4.69, 9.17) is 11.0 Å². The lowest BCUT2D eigenvalue weighted by Gasteiger charge is -2.08. The molecule has 0 spiro atoms. The first-order valence-electron chi connectivity index (χ1n) is 6.49. The molecule has 0 aliphatic rings. The van der Waals surface area contributed by atoms with Gasteiger partial charge in [-0.3, -0.25) is 0 Å². The number of benzene rings is 2. The highest BCUT2D eigenvalue weighted by molar-refractivity contribution is 5.90. The molecule has 5 nitrogen and oxygen atoms in total. The van der Waals surface area contributed by atoms with Gasteiger partial charge in [0, 0.05) is 17.6 Å². The maximum absolute atomic E-state index is 8.78. The first-order valence-corrected chi connectivity index (χ1v) is 6.49. The van der Waals surface area contributed by atoms with E-state index in [0.717, 1.165) is 22.3 Å². The van der Waals surface area contributed by atoms with E-state index in [2.05, 4.69) is 21.4 Å². The molecule has 0 unspecified atom stereocenters. The molecule has 1 aromatic heterocycles. The number of nitrogens with one attached hydrogen (secondary N) is 1. The van der Waals surface area contributed by atoms with Crippen LogP contribution in [-0.4, -0.2) is 9.97 Å². The molecule has 2 aromatic carbocycles. The zero-order chi connectivity index (χ0) is 14.7. The minimum atomic E-state index is 0.627. The molecule has 21 heavy (non-hydrogen) atoms. The molecule has 3 N–H and O–H groups in total. The van der Waals surface area contributed by atoms with Crippen LogP contribution in [0.3, 0.4) is 0 Å². The van der Waals surface area contributed by atoms with E-state index in [9.17, 15) is 0 Å². The molecular weight excluding hydrogens is 262 g/mol. The number of nitriles is 1. The molecule has 0 aliphatic heterocycles. The average Bonchev–Trinajstić information content (AvgIpc) is 2.53. The molecular formula is C16H13N5. The molecule has 102 valence electrons. The van der Waals surface area contributed by atoms with Crippen LogP contribution < -0.4 is 11.1 Å². The number of nitrogen functional groups attached to an aromatic ring is 1. The van der Waals surface area contributed by atoms with Crippen molar-refractivity contribution in [3.05, 3.63) is 59.9 Å². The van der Waals surface area contributed by atoms with Crippen molar-refractivity contribution in [1.82, 2.24) is 9.97 Å². The zero-order valence-corrected chi connectivity index (χ0v) is 11.2. The second-order valence-corrected chi connectivity index (χ2v) is 4.66. The number of aromatic nitrogens is 2. The Morgan fingerprint density at radius 3 is 2.67 bits per heavy atom. The topological polar surface area (TPSA) is 87.6 Å². The van der Waals surface area contributed by atoms with Gasteiger partial charge in [0.2, 0.25) is 0 Å². The maximum Gasteiger partial charge on any atom is 0.137 e. The van der Waals surface area contributed by atoms with Crippen molar-refractivity contribution in [1.29, 1.82) is 5.26 Å². The Morgan fingerprint density at radius 2 is 1.90 bits per heavy atom. The Labute approximate surface area is 122 Å². The van der Waals surface area contributed by atoms with Gasteiger partial charge in [-0.15, -0.1) is 0 Å². The second kappa shape index (κ2) is 5.47. The Hall–Kier alpha value is -3.13. The van der Waals surface area contributed by atoms with Crippen molar-refractivity contribution in [2.45, 2.75) is 6.54 Å². The van der Waals surface area contributed by atoms with Gasteiger partial charge in [-0.05, 0) is 35.9 Å². The van der Waals surface area contributed by atoms with Crippen LogP contribution in [0.25, 0.3) is 10.9 Å². The summed E-state index contributed by atoms with van der Waals surface area (Å²) in [6.07, 6.45) is 1.52. The van der Waals surface area contributed by atoms with Crippen LogP contribution in [0.5, 0.6) is 0 Å². The summed E-state index contributed by atoms with van der Waals surface area (Å²) in [7, 11) is 0. The van der Waals surface area contributed by atoms with Crippen molar-refractivity contribution in [3.8, 4) is 6.07 Å². The van der Waals surface area contributed by atoms with E-state index in [-0.39, 0.29) is 0 Å². The number of rotatable bonds is 3. The summed E-state index contributed by atoms with van der Waals surface area (Å²) in [4.78, 5) is 8.48. The highest BCUT2D eigenvalue weighted by atomic mass is 15.0. The quantitative estimate of drug-likeness (QED) is 0.717. The van der Waals surface area contributed by atoms with Crippen LogP contribution in [0.15, 0.2) is 48.8 Å². The lowest BCUT2D eigenvalue weighted by Crippen LogP contribution is -2.02. The van der Waals surface area contributed by atoms with E-state index < -0.39 is 0 Å². The minimum Gasteiger partial charge on any atom is -0.399 e. The van der Waals surface area contributed by atoms with Gasteiger partial charge in [0.05, 0.1) is 17.1 Å². The molecule has 0 aliphatic carbocycles. The predicted molar refractivity (Wildman–Crippen MR) is 82.4 cm³/mol. The van der Waals surface area contributed by atoms with Gasteiger partial charge in [0.25, 0.3) is 0 Å². The molecule has 3 aromatic rings. The van der Waals surface area contributed by atoms with Crippen molar-refractivity contribution in [2.75, 3.05) is 11.1 Å². The van der Waals surface area contributed by atoms with Crippen LogP contribution in [0.4, 0.5) is 11.5 Å². The fraction of sp³-hybridized carbons (Fsp3) is 0.0625. The Bertz CT molecular complexity index is 818. The Morgan fingerprint density at radius 1 is 1.10 bits per heavy atom. The van der Waals surface area contributed by atoms with E-state index in [1.54, 1.807) is 12.1 Å². The third-order valence-corrected chi connectivity index (χ3v) is 3.20. The van der Waals surface area contributed by atoms with Gasteiger partial charge in [-0.1, -0.05) is 12.1 Å². The van der Waals surface area contributed by atoms with E-state index in [0.29, 0.717) is 17.8 Å². The molecule has 0 saturated heterocycles. The Kier molecular flexibility index (Phi) is 3.36. The van der Waals surface area contributed by atoms with Crippen LogP contribution in [-0.2, 0) is 6.54 Å². The lowest BCUT2D eigenvalue weighted by atomic mass is 10.1. The van der Waals surface area contributed by atoms with E-state index in [1.165, 1.54) is 6.33 Å². The summed E-state index contributed by atoms with van der Waals surface area (Å²) < 4.78 is 0. The standard InChI is InChI=1S/C16H13N5/c17-8-11-1-3-12(4-2-11)9-19-16-14-6-5-13(18)7-15(14)20-10-21-16/h1-7,10H,9,18H2,(H,19,20,21). The highest BCUT2D eigenvalue weighted by Gasteiger charge is 2.03. The molecule has 0 radical (unpaired) electrons. The fourth-order valence-corrected chi connectivity index (χ4v) is 2.10. The smallest absolute Gasteiger partial charge is 0.137 e. The monoisotopic (exact) mass is 275 g/mol. The van der Waals surface area contributed by atoms with Crippen molar-refractivity contribution in [3.63, 3.8) is 0 Å². The number of hydrogen-bond donors (Lipinski definition) is 2. The number of hydrogen-bond acceptors (Lipinski definition) is 5. The molecule has 0 amide bonds. The minimum absolute atomic E-state index is 0.627. The van der Waals surface area contributed by atoms with Gasteiger partial charge in [0.1, 0.15) is 12.1 Å². The van der Waals surface area contributed by atoms with E-state index >= 15 is 0 Å². The first-order chi connectivity index (χ1) is 10.3. The normalized spacial score (nSPS) is 10.2. The van der Waals surface area contributed by atoms with Crippen molar-refractivity contribution < 1.29 is 0 Å². The van der Waals surface area contributed by atoms with Gasteiger partial charge < -0.3 is 11.1 Å². The van der Waals surface area contributed by atoms with Crippen molar-refractivity contribution in [2.24, 2.45) is 0 Å². The molecule has 0 fully saturated rings. The molecule has 0 atom stereocenters. The third kappa shape index (κ3) is 2.74. The summed E-state index contributed by atoms with van der Waals surface area (Å²) in [5, 5.41) is 13.0. The highest BCUT2D eigenvalue weighted by Crippen LogP contribution is 2.21. The summed E-state index contributed by atoms with van der Waals surface area (Å²) in [5.41, 5.74) is 8.99. The Balaban J connectivity index is 1.83. The zero-order valence-electron chi connectivity index (χ0n) is 11.2. The fourth-order valence-electron chi connectivity index (χ4n) is 2.10. The molecule has 0 saturated carbocycles. The third-order valence-electron chi connectivity index (χ3n) is 3.20. The number of anilines is 2. The summed E-state index contributed by atoms with van der Waals surface area (Å²) in [6, 6.07) is 15.1. The summed E-state index contributed by atoms with van der Waals surface area (Å²) in [6.45, 7) is 0.627. The molecule has 3 rings (SSSR count). The van der Waals surface area contributed by atoms with Crippen molar-refractivity contribution >= 4 is 22.4 Å². The number of nitrogens with zero attached hydrogens (tertiary/aromatic N) is 3. The van der Waals surface area contributed by atoms with Crippen LogP contribution in [0.2, 0.25) is 0 Å². The van der Waals surface area contributed by atoms with Crippen LogP contribution in [0, 0.1) is 11.3 Å². The first kappa shape index (κ1) is 12.9. The maximum atomic E-state index is 8.78. The molecule has 0 bridgehead atoms. The largest absolute Gasteiger partial charge is 0.399 e. The lowest BCUT2D eigenvalue weighted by molar-refractivity contribution is 1.10. The average molecular weight is 275 g/mol. The predicted octanol–water partition coefficient (Wildman–Crippen LogP) is 2.70. The van der Waals surface area contributed by atoms with Crippen LogP contribution >= 0.6 is 0 Å². The molecule has 5 heteroatoms. The van der Waals surface area contributed by atoms with Gasteiger partial charge >= 0.3 is 0 Å². The van der Waals surface area contributed by atoms with Gasteiger partial charge in [-0.25, -0.2) is 9.97 Å². The SMILES string of the molecule is N#Cc1ccc(CNc2ncnc3cc(N)ccc23)cc1. The second-order valence-electron chi connectivity index (χ2n) is 4.66. The number of fused-ring (bicyclic) bond motifs is 1. The summed E-state index contributed by atoms with van der Waals surface area (Å²) >= 11 is 0.